The van der Waals surface area contributed by atoms with Gasteiger partial charge in [0.2, 0.25) is 0 Å². The number of nitro benzene ring substituents is 2. The summed E-state index contributed by atoms with van der Waals surface area (Å²) < 4.78 is 39.8. The molecule has 7 nitrogen and oxygen atoms in total. The molecule has 0 saturated carbocycles. The van der Waals surface area contributed by atoms with Crippen LogP contribution in [0.15, 0.2) is 36.4 Å². The first-order chi connectivity index (χ1) is 11.1. The van der Waals surface area contributed by atoms with Gasteiger partial charge in [-0.1, -0.05) is 24.3 Å². The first-order valence-electron chi connectivity index (χ1n) is 6.24. The minimum absolute atomic E-state index is 0.164. The van der Waals surface area contributed by atoms with E-state index in [-0.39, 0.29) is 17.2 Å². The number of benzene rings is 2. The summed E-state index contributed by atoms with van der Waals surface area (Å²) in [6.45, 7) is 0. The summed E-state index contributed by atoms with van der Waals surface area (Å²) in [7, 11) is 0. The SMILES string of the molecule is O=Cc1ccc(-c2c([N+](=O)[O-])cc([N+](=O)[O-])cc2C(F)(F)F)cc1. The van der Waals surface area contributed by atoms with Gasteiger partial charge >= 0.3 is 6.18 Å². The van der Waals surface area contributed by atoms with Crippen LogP contribution in [0.1, 0.15) is 15.9 Å². The maximum absolute atomic E-state index is 13.3. The fourth-order valence-electron chi connectivity index (χ4n) is 2.12. The van der Waals surface area contributed by atoms with Crippen LogP contribution < -0.4 is 0 Å². The molecule has 0 atom stereocenters. The van der Waals surface area contributed by atoms with E-state index in [0.29, 0.717) is 12.4 Å². The molecule has 24 heavy (non-hydrogen) atoms. The van der Waals surface area contributed by atoms with Crippen molar-refractivity contribution in [3.05, 3.63) is 67.8 Å². The van der Waals surface area contributed by atoms with E-state index in [9.17, 15) is 38.2 Å². The minimum atomic E-state index is -5.05. The standard InChI is InChI=1S/C14H7F3N2O5/c15-14(16,17)11-5-10(18(21)22)6-12(19(23)24)13(11)9-3-1-8(7-20)2-4-9/h1-7H. The molecular weight excluding hydrogens is 333 g/mol. The van der Waals surface area contributed by atoms with E-state index in [0.717, 1.165) is 12.1 Å². The zero-order valence-corrected chi connectivity index (χ0v) is 11.6. The molecule has 2 aromatic rings. The molecule has 10 heteroatoms. The third-order valence-electron chi connectivity index (χ3n) is 3.15. The molecule has 0 bridgehead atoms. The number of alkyl halides is 3. The lowest BCUT2D eigenvalue weighted by atomic mass is 9.96. The van der Waals surface area contributed by atoms with E-state index in [1.54, 1.807) is 0 Å². The monoisotopic (exact) mass is 340 g/mol. The molecular formula is C14H7F3N2O5. The molecule has 2 rings (SSSR count). The highest BCUT2D eigenvalue weighted by Crippen LogP contribution is 2.44. The molecule has 0 aliphatic rings. The van der Waals surface area contributed by atoms with Crippen LogP contribution in [-0.2, 0) is 6.18 Å². The number of nitrogens with zero attached hydrogens (tertiary/aromatic N) is 2. The highest BCUT2D eigenvalue weighted by atomic mass is 19.4. The molecule has 0 aromatic heterocycles. The number of nitro groups is 2. The molecule has 2 aromatic carbocycles. The van der Waals surface area contributed by atoms with Gasteiger partial charge in [-0.3, -0.25) is 25.0 Å². The Hall–Kier alpha value is -3.30. The topological polar surface area (TPSA) is 103 Å². The summed E-state index contributed by atoms with van der Waals surface area (Å²) in [4.78, 5) is 30.2. The Bertz CT molecular complexity index is 832. The third-order valence-corrected chi connectivity index (χ3v) is 3.15. The predicted molar refractivity (Wildman–Crippen MR) is 75.6 cm³/mol. The first-order valence-corrected chi connectivity index (χ1v) is 6.24. The molecule has 0 aliphatic heterocycles. The molecule has 0 unspecified atom stereocenters. The number of hydrogen-bond acceptors (Lipinski definition) is 5. The summed E-state index contributed by atoms with van der Waals surface area (Å²) in [6.07, 6.45) is -4.59. The summed E-state index contributed by atoms with van der Waals surface area (Å²) in [5, 5.41) is 21.9. The summed E-state index contributed by atoms with van der Waals surface area (Å²) in [5.74, 6) is 0. The summed E-state index contributed by atoms with van der Waals surface area (Å²) >= 11 is 0. The lowest BCUT2D eigenvalue weighted by Crippen LogP contribution is -2.10. The molecule has 0 aliphatic carbocycles. The second kappa shape index (κ2) is 6.07. The zero-order valence-electron chi connectivity index (χ0n) is 11.6. The molecule has 0 saturated heterocycles. The highest BCUT2D eigenvalue weighted by Gasteiger charge is 2.39. The number of hydrogen-bond donors (Lipinski definition) is 0. The Balaban J connectivity index is 2.86. The lowest BCUT2D eigenvalue weighted by molar-refractivity contribution is -0.394. The average molecular weight is 340 g/mol. The zero-order chi connectivity index (χ0) is 18.1. The van der Waals surface area contributed by atoms with Crippen molar-refractivity contribution in [1.82, 2.24) is 0 Å². The van der Waals surface area contributed by atoms with Gasteiger partial charge in [0, 0.05) is 11.6 Å². The smallest absolute Gasteiger partial charge is 0.298 e. The van der Waals surface area contributed by atoms with Gasteiger partial charge in [0.1, 0.15) is 6.29 Å². The number of carbonyl (C=O) groups is 1. The van der Waals surface area contributed by atoms with Gasteiger partial charge < -0.3 is 0 Å². The Morgan fingerprint density at radius 1 is 0.958 bits per heavy atom. The number of carbonyl (C=O) groups excluding carboxylic acids is 1. The van der Waals surface area contributed by atoms with E-state index >= 15 is 0 Å². The fourth-order valence-corrected chi connectivity index (χ4v) is 2.12. The van der Waals surface area contributed by atoms with Crippen LogP contribution in [0, 0.1) is 20.2 Å². The van der Waals surface area contributed by atoms with Gasteiger partial charge in [0.15, 0.2) is 0 Å². The van der Waals surface area contributed by atoms with Gasteiger partial charge in [0.05, 0.1) is 27.0 Å². The van der Waals surface area contributed by atoms with Gasteiger partial charge in [-0.05, 0) is 5.56 Å². The maximum atomic E-state index is 13.3. The molecule has 0 radical (unpaired) electrons. The highest BCUT2D eigenvalue weighted by molar-refractivity contribution is 5.82. The van der Waals surface area contributed by atoms with Crippen molar-refractivity contribution in [3.8, 4) is 11.1 Å². The second-order valence-corrected chi connectivity index (χ2v) is 4.64. The van der Waals surface area contributed by atoms with Gasteiger partial charge in [0.25, 0.3) is 11.4 Å². The van der Waals surface area contributed by atoms with E-state index < -0.39 is 38.5 Å². The predicted octanol–water partition coefficient (Wildman–Crippen LogP) is 4.00. The largest absolute Gasteiger partial charge is 0.417 e. The van der Waals surface area contributed by atoms with Crippen molar-refractivity contribution < 1.29 is 27.8 Å². The van der Waals surface area contributed by atoms with Crippen molar-refractivity contribution in [2.24, 2.45) is 0 Å². The summed E-state index contributed by atoms with van der Waals surface area (Å²) in [6, 6.07) is 5.30. The van der Waals surface area contributed by atoms with Crippen LogP contribution in [0.4, 0.5) is 24.5 Å². The van der Waals surface area contributed by atoms with Gasteiger partial charge in [-0.15, -0.1) is 0 Å². The van der Waals surface area contributed by atoms with E-state index in [1.165, 1.54) is 12.1 Å². The Morgan fingerprint density at radius 3 is 1.96 bits per heavy atom. The van der Waals surface area contributed by atoms with Crippen LogP contribution in [-0.4, -0.2) is 16.1 Å². The Kier molecular flexibility index (Phi) is 4.31. The van der Waals surface area contributed by atoms with Crippen molar-refractivity contribution in [3.63, 3.8) is 0 Å². The number of non-ortho nitro benzene ring substituents is 1. The second-order valence-electron chi connectivity index (χ2n) is 4.64. The molecule has 0 fully saturated rings. The molecule has 124 valence electrons. The maximum Gasteiger partial charge on any atom is 0.417 e. The van der Waals surface area contributed by atoms with Gasteiger partial charge in [-0.25, -0.2) is 0 Å². The lowest BCUT2D eigenvalue weighted by Gasteiger charge is -2.13. The van der Waals surface area contributed by atoms with Crippen LogP contribution in [0.25, 0.3) is 11.1 Å². The number of aldehydes is 1. The molecule has 0 heterocycles. The van der Waals surface area contributed by atoms with Crippen molar-refractivity contribution >= 4 is 17.7 Å². The molecule has 0 spiro atoms. The quantitative estimate of drug-likeness (QED) is 0.475. The van der Waals surface area contributed by atoms with Crippen molar-refractivity contribution in [2.45, 2.75) is 6.18 Å². The van der Waals surface area contributed by atoms with Crippen molar-refractivity contribution in [1.29, 1.82) is 0 Å². The minimum Gasteiger partial charge on any atom is -0.298 e. The van der Waals surface area contributed by atoms with E-state index in [4.69, 9.17) is 0 Å². The van der Waals surface area contributed by atoms with E-state index in [2.05, 4.69) is 0 Å². The fraction of sp³-hybridized carbons (Fsp3) is 0.0714. The van der Waals surface area contributed by atoms with Crippen LogP contribution >= 0.6 is 0 Å². The van der Waals surface area contributed by atoms with Crippen LogP contribution in [0.5, 0.6) is 0 Å². The Labute approximate surface area is 131 Å². The summed E-state index contributed by atoms with van der Waals surface area (Å²) in [5.41, 5.74) is -4.40. The third kappa shape index (κ3) is 3.21. The number of rotatable bonds is 4. The Morgan fingerprint density at radius 2 is 1.54 bits per heavy atom. The van der Waals surface area contributed by atoms with E-state index in [1.807, 2.05) is 0 Å². The molecule has 0 amide bonds. The van der Waals surface area contributed by atoms with Crippen LogP contribution in [0.3, 0.4) is 0 Å². The average Bonchev–Trinajstić information content (AvgIpc) is 2.52. The first kappa shape index (κ1) is 17.1. The van der Waals surface area contributed by atoms with Crippen LogP contribution in [0.2, 0.25) is 0 Å². The van der Waals surface area contributed by atoms with Crippen molar-refractivity contribution in [2.75, 3.05) is 0 Å². The number of halogens is 3. The normalized spacial score (nSPS) is 11.1. The van der Waals surface area contributed by atoms with Gasteiger partial charge in [-0.2, -0.15) is 13.2 Å². The molecule has 0 N–H and O–H groups in total.